The average Bonchev–Trinajstić information content (AvgIpc) is 3.41. The normalized spacial score (nSPS) is 20.1. The van der Waals surface area contributed by atoms with Gasteiger partial charge in [0, 0.05) is 19.0 Å². The number of aromatic nitrogens is 3. The molecule has 160 valence electrons. The molecule has 6 heteroatoms. The van der Waals surface area contributed by atoms with E-state index in [2.05, 4.69) is 4.90 Å². The predicted molar refractivity (Wildman–Crippen MR) is 120 cm³/mol. The summed E-state index contributed by atoms with van der Waals surface area (Å²) in [6, 6.07) is 12.1. The number of pyridine rings is 1. The topological polar surface area (TPSA) is 60.2 Å². The number of hydrogen-bond donors (Lipinski definition) is 0. The summed E-state index contributed by atoms with van der Waals surface area (Å²) in [5.41, 5.74) is 4.82. The van der Waals surface area contributed by atoms with Crippen LogP contribution in [0, 0.1) is 5.41 Å². The van der Waals surface area contributed by atoms with Gasteiger partial charge in [0.05, 0.1) is 29.6 Å². The van der Waals surface area contributed by atoms with Crippen molar-refractivity contribution >= 4 is 22.7 Å². The van der Waals surface area contributed by atoms with E-state index in [-0.39, 0.29) is 0 Å². The molecule has 0 amide bonds. The second-order valence-electron chi connectivity index (χ2n) is 9.50. The molecule has 3 aromatic rings. The van der Waals surface area contributed by atoms with E-state index >= 15 is 0 Å². The van der Waals surface area contributed by atoms with E-state index < -0.39 is 5.97 Å². The zero-order valence-corrected chi connectivity index (χ0v) is 18.0. The second-order valence-corrected chi connectivity index (χ2v) is 9.50. The molecule has 1 saturated heterocycles. The number of nitrogens with zero attached hydrogens (tertiary/aromatic N) is 4. The van der Waals surface area contributed by atoms with Crippen molar-refractivity contribution in [1.82, 2.24) is 14.8 Å². The van der Waals surface area contributed by atoms with Gasteiger partial charge in [0.15, 0.2) is 11.3 Å². The van der Waals surface area contributed by atoms with Gasteiger partial charge in [0.1, 0.15) is 0 Å². The smallest absolute Gasteiger partial charge is 0.356 e. The lowest BCUT2D eigenvalue weighted by Crippen LogP contribution is -2.36. The molecule has 2 aliphatic carbocycles. The highest BCUT2D eigenvalue weighted by molar-refractivity contribution is 5.99. The molecule has 3 fully saturated rings. The van der Waals surface area contributed by atoms with Crippen molar-refractivity contribution in [3.05, 3.63) is 47.8 Å². The van der Waals surface area contributed by atoms with Crippen LogP contribution in [0.15, 0.2) is 36.4 Å². The van der Waals surface area contributed by atoms with E-state index in [0.29, 0.717) is 17.0 Å². The summed E-state index contributed by atoms with van der Waals surface area (Å²) in [6.07, 6.45) is 8.75. The highest BCUT2D eigenvalue weighted by Crippen LogP contribution is 2.53. The van der Waals surface area contributed by atoms with Crippen molar-refractivity contribution in [2.24, 2.45) is 5.41 Å². The van der Waals surface area contributed by atoms with Crippen LogP contribution < -0.4 is 4.90 Å². The number of methoxy groups -OCH3 is 1. The molecule has 1 aliphatic heterocycles. The molecule has 2 aromatic heterocycles. The summed E-state index contributed by atoms with van der Waals surface area (Å²) in [4.78, 5) is 19.8. The fourth-order valence-corrected chi connectivity index (χ4v) is 5.30. The Morgan fingerprint density at radius 3 is 2.61 bits per heavy atom. The predicted octanol–water partition coefficient (Wildman–Crippen LogP) is 4.86. The molecule has 0 bridgehead atoms. The van der Waals surface area contributed by atoms with E-state index in [9.17, 15) is 4.79 Å². The average molecular weight is 417 g/mol. The van der Waals surface area contributed by atoms with Crippen LogP contribution in [0.5, 0.6) is 0 Å². The Labute approximate surface area is 182 Å². The Balaban J connectivity index is 1.59. The van der Waals surface area contributed by atoms with Crippen molar-refractivity contribution in [1.29, 1.82) is 0 Å². The number of anilines is 1. The Morgan fingerprint density at radius 1 is 1.13 bits per heavy atom. The summed E-state index contributed by atoms with van der Waals surface area (Å²) in [6.45, 7) is 2.08. The first kappa shape index (κ1) is 18.8. The van der Waals surface area contributed by atoms with Crippen LogP contribution in [0.4, 0.5) is 5.69 Å². The van der Waals surface area contributed by atoms with Crippen LogP contribution in [-0.2, 0) is 4.74 Å². The van der Waals surface area contributed by atoms with Crippen LogP contribution in [0.25, 0.3) is 16.7 Å². The molecule has 0 radical (unpaired) electrons. The number of esters is 1. The number of hydrogen-bond acceptors (Lipinski definition) is 5. The van der Waals surface area contributed by atoms with Crippen molar-refractivity contribution in [2.75, 3.05) is 25.1 Å². The van der Waals surface area contributed by atoms with E-state index in [1.165, 1.54) is 52.1 Å². The third kappa shape index (κ3) is 3.11. The van der Waals surface area contributed by atoms with Crippen LogP contribution in [0.1, 0.15) is 67.0 Å². The minimum Gasteiger partial charge on any atom is -0.464 e. The monoisotopic (exact) mass is 416 g/mol. The van der Waals surface area contributed by atoms with E-state index in [1.54, 1.807) is 0 Å². The minimum absolute atomic E-state index is 0.359. The van der Waals surface area contributed by atoms with Crippen molar-refractivity contribution in [3.8, 4) is 5.69 Å². The van der Waals surface area contributed by atoms with Crippen molar-refractivity contribution in [3.63, 3.8) is 0 Å². The lowest BCUT2D eigenvalue weighted by atomic mass is 9.81. The van der Waals surface area contributed by atoms with Gasteiger partial charge >= 0.3 is 5.97 Å². The molecule has 3 heterocycles. The number of carbonyl (C=O) groups excluding carboxylic acids is 1. The number of para-hydroxylation sites is 1. The molecule has 0 atom stereocenters. The fourth-order valence-electron chi connectivity index (χ4n) is 5.30. The summed E-state index contributed by atoms with van der Waals surface area (Å²) < 4.78 is 6.99. The van der Waals surface area contributed by atoms with E-state index in [1.807, 2.05) is 41.1 Å². The number of rotatable bonds is 4. The van der Waals surface area contributed by atoms with E-state index in [0.717, 1.165) is 41.2 Å². The third-order valence-electron chi connectivity index (χ3n) is 7.49. The first-order valence-electron chi connectivity index (χ1n) is 11.5. The standard InChI is InChI=1S/C25H28N4O2/c1-31-24(30)19-15-20(28-14-6-11-25(16-28)12-13-25)21-22(17-7-5-8-17)27-29(23(21)26-19)18-9-3-2-4-10-18/h2-4,9-10,15,17H,5-8,11-14,16H2,1H3. The lowest BCUT2D eigenvalue weighted by molar-refractivity contribution is 0.0594. The quantitative estimate of drug-likeness (QED) is 0.569. The van der Waals surface area contributed by atoms with Crippen LogP contribution in [0.3, 0.4) is 0 Å². The van der Waals surface area contributed by atoms with Gasteiger partial charge in [-0.15, -0.1) is 0 Å². The van der Waals surface area contributed by atoms with Gasteiger partial charge in [-0.05, 0) is 62.1 Å². The first-order valence-corrected chi connectivity index (χ1v) is 11.5. The minimum atomic E-state index is -0.396. The summed E-state index contributed by atoms with van der Waals surface area (Å²) >= 11 is 0. The Bertz CT molecular complexity index is 1150. The van der Waals surface area contributed by atoms with Gasteiger partial charge < -0.3 is 9.64 Å². The number of fused-ring (bicyclic) bond motifs is 1. The Morgan fingerprint density at radius 2 is 1.94 bits per heavy atom. The van der Waals surface area contributed by atoms with E-state index in [4.69, 9.17) is 14.8 Å². The molecule has 1 spiro atoms. The summed E-state index contributed by atoms with van der Waals surface area (Å²) in [7, 11) is 1.42. The molecular weight excluding hydrogens is 388 g/mol. The third-order valence-corrected chi connectivity index (χ3v) is 7.49. The zero-order chi connectivity index (χ0) is 21.0. The first-order chi connectivity index (χ1) is 15.2. The molecule has 1 aromatic carbocycles. The number of ether oxygens (including phenoxy) is 1. The lowest BCUT2D eigenvalue weighted by Gasteiger charge is -2.35. The summed E-state index contributed by atoms with van der Waals surface area (Å²) in [5.74, 6) is 0.0731. The SMILES string of the molecule is COC(=O)c1cc(N2CCCC3(CC3)C2)c2c(C3CCC3)nn(-c3ccccc3)c2n1. The number of benzene rings is 1. The van der Waals surface area contributed by atoms with Crippen LogP contribution >= 0.6 is 0 Å². The van der Waals surface area contributed by atoms with Crippen molar-refractivity contribution in [2.45, 2.75) is 50.9 Å². The molecule has 0 unspecified atom stereocenters. The number of piperidine rings is 1. The maximum atomic E-state index is 12.6. The Hall–Kier alpha value is -2.89. The Kier molecular flexibility index (Phi) is 4.30. The van der Waals surface area contributed by atoms with Gasteiger partial charge in [-0.2, -0.15) is 5.10 Å². The molecule has 6 rings (SSSR count). The molecule has 0 N–H and O–H groups in total. The van der Waals surface area contributed by atoms with Crippen LogP contribution in [0.2, 0.25) is 0 Å². The van der Waals surface area contributed by atoms with Gasteiger partial charge in [-0.25, -0.2) is 14.5 Å². The molecular formula is C25H28N4O2. The molecule has 6 nitrogen and oxygen atoms in total. The highest BCUT2D eigenvalue weighted by atomic mass is 16.5. The van der Waals surface area contributed by atoms with Gasteiger partial charge in [-0.3, -0.25) is 0 Å². The maximum Gasteiger partial charge on any atom is 0.356 e. The maximum absolute atomic E-state index is 12.6. The van der Waals surface area contributed by atoms with Crippen molar-refractivity contribution < 1.29 is 9.53 Å². The zero-order valence-electron chi connectivity index (χ0n) is 18.0. The molecule has 31 heavy (non-hydrogen) atoms. The highest BCUT2D eigenvalue weighted by Gasteiger charge is 2.46. The molecule has 2 saturated carbocycles. The fraction of sp³-hybridized carbons (Fsp3) is 0.480. The second kappa shape index (κ2) is 7.08. The summed E-state index contributed by atoms with van der Waals surface area (Å²) in [5, 5.41) is 6.21. The molecule has 3 aliphatic rings. The number of carbonyl (C=O) groups is 1. The van der Waals surface area contributed by atoms with Gasteiger partial charge in [0.2, 0.25) is 0 Å². The largest absolute Gasteiger partial charge is 0.464 e. The van der Waals surface area contributed by atoms with Gasteiger partial charge in [-0.1, -0.05) is 24.6 Å². The van der Waals surface area contributed by atoms with Crippen LogP contribution in [-0.4, -0.2) is 40.9 Å². The van der Waals surface area contributed by atoms with Gasteiger partial charge in [0.25, 0.3) is 0 Å².